The Bertz CT molecular complexity index is 1260. The highest BCUT2D eigenvalue weighted by atomic mass is 16.1. The Morgan fingerprint density at radius 2 is 2.10 bits per heavy atom. The first-order valence-corrected chi connectivity index (χ1v) is 10.2. The molecule has 1 aromatic carbocycles. The Morgan fingerprint density at radius 1 is 1.30 bits per heavy atom. The summed E-state index contributed by atoms with van der Waals surface area (Å²) in [5.74, 6) is -0.00450. The molecule has 0 unspecified atom stereocenters. The zero-order valence-corrected chi connectivity index (χ0v) is 17.1. The maximum atomic E-state index is 11.9. The molecule has 4 heterocycles. The van der Waals surface area contributed by atoms with Gasteiger partial charge in [-0.25, -0.2) is 9.50 Å². The van der Waals surface area contributed by atoms with Gasteiger partial charge in [0.2, 0.25) is 0 Å². The van der Waals surface area contributed by atoms with Gasteiger partial charge < -0.3 is 20.9 Å². The minimum atomic E-state index is -0.555. The quantitative estimate of drug-likeness (QED) is 0.486. The second kappa shape index (κ2) is 7.14. The highest BCUT2D eigenvalue weighted by Crippen LogP contribution is 2.37. The van der Waals surface area contributed by atoms with E-state index in [1.54, 1.807) is 0 Å². The predicted octanol–water partition coefficient (Wildman–Crippen LogP) is 2.50. The molecule has 1 saturated heterocycles. The zero-order valence-electron chi connectivity index (χ0n) is 17.1. The monoisotopic (exact) mass is 403 g/mol. The fraction of sp³-hybridized carbons (Fsp3) is 0.318. The summed E-state index contributed by atoms with van der Waals surface area (Å²) in [7, 11) is 3.91. The Kier molecular flexibility index (Phi) is 4.43. The third kappa shape index (κ3) is 2.83. The number of rotatable bonds is 4. The SMILES string of the molecule is CNc1cc(-c2cn(C)c3c(C4CCNCC4)cccc23)nn2c(C(N)=O)cnc12. The number of nitrogens with zero attached hydrogens (tertiary/aromatic N) is 4. The van der Waals surface area contributed by atoms with Crippen LogP contribution in [-0.2, 0) is 7.05 Å². The van der Waals surface area contributed by atoms with Crippen LogP contribution in [-0.4, -0.2) is 45.2 Å². The lowest BCUT2D eigenvalue weighted by molar-refractivity contribution is 0.0993. The molecule has 0 aliphatic carbocycles. The first-order chi connectivity index (χ1) is 14.6. The van der Waals surface area contributed by atoms with Crippen LogP contribution in [0.5, 0.6) is 0 Å². The van der Waals surface area contributed by atoms with E-state index >= 15 is 0 Å². The van der Waals surface area contributed by atoms with E-state index in [1.165, 1.54) is 21.8 Å². The first kappa shape index (κ1) is 18.6. The largest absolute Gasteiger partial charge is 0.385 e. The fourth-order valence-electron chi connectivity index (χ4n) is 4.62. The van der Waals surface area contributed by atoms with Gasteiger partial charge in [0, 0.05) is 31.2 Å². The number of imidazole rings is 1. The molecule has 8 heteroatoms. The summed E-state index contributed by atoms with van der Waals surface area (Å²) in [6.45, 7) is 2.11. The number of amides is 1. The van der Waals surface area contributed by atoms with Crippen molar-refractivity contribution in [3.8, 4) is 11.3 Å². The summed E-state index contributed by atoms with van der Waals surface area (Å²) in [6.07, 6.45) is 5.87. The number of carbonyl (C=O) groups excluding carboxylic acids is 1. The summed E-state index contributed by atoms with van der Waals surface area (Å²) in [4.78, 5) is 16.2. The number of benzene rings is 1. The molecule has 4 N–H and O–H groups in total. The second-order valence-electron chi connectivity index (χ2n) is 7.86. The van der Waals surface area contributed by atoms with Crippen molar-refractivity contribution in [2.24, 2.45) is 12.8 Å². The Labute approximate surface area is 174 Å². The van der Waals surface area contributed by atoms with Crippen molar-refractivity contribution in [2.45, 2.75) is 18.8 Å². The molecule has 1 aliphatic heterocycles. The minimum Gasteiger partial charge on any atom is -0.385 e. The van der Waals surface area contributed by atoms with Gasteiger partial charge in [0.15, 0.2) is 5.65 Å². The summed E-state index contributed by atoms with van der Waals surface area (Å²) >= 11 is 0. The van der Waals surface area contributed by atoms with Crippen molar-refractivity contribution in [3.63, 3.8) is 0 Å². The van der Waals surface area contributed by atoms with E-state index < -0.39 is 5.91 Å². The van der Waals surface area contributed by atoms with E-state index in [2.05, 4.69) is 51.6 Å². The summed E-state index contributed by atoms with van der Waals surface area (Å²) in [5, 5.41) is 12.5. The highest BCUT2D eigenvalue weighted by Gasteiger charge is 2.22. The molecule has 0 radical (unpaired) electrons. The van der Waals surface area contributed by atoms with Crippen LogP contribution in [0.2, 0.25) is 0 Å². The number of hydrogen-bond donors (Lipinski definition) is 3. The minimum absolute atomic E-state index is 0.263. The van der Waals surface area contributed by atoms with Gasteiger partial charge in [-0.15, -0.1) is 0 Å². The maximum absolute atomic E-state index is 11.9. The number of nitrogens with one attached hydrogen (secondary N) is 2. The molecule has 4 aromatic rings. The number of piperidine rings is 1. The van der Waals surface area contributed by atoms with Crippen LogP contribution in [0.3, 0.4) is 0 Å². The van der Waals surface area contributed by atoms with Crippen molar-refractivity contribution >= 4 is 28.1 Å². The van der Waals surface area contributed by atoms with Gasteiger partial charge in [-0.3, -0.25) is 4.79 Å². The lowest BCUT2D eigenvalue weighted by atomic mass is 9.88. The molecule has 0 spiro atoms. The van der Waals surface area contributed by atoms with Crippen molar-refractivity contribution in [1.29, 1.82) is 0 Å². The van der Waals surface area contributed by atoms with E-state index in [-0.39, 0.29) is 5.69 Å². The molecule has 3 aromatic heterocycles. The van der Waals surface area contributed by atoms with Crippen LogP contribution in [0.15, 0.2) is 36.7 Å². The average molecular weight is 403 g/mol. The maximum Gasteiger partial charge on any atom is 0.269 e. The first-order valence-electron chi connectivity index (χ1n) is 10.2. The van der Waals surface area contributed by atoms with Crippen LogP contribution >= 0.6 is 0 Å². The molecule has 30 heavy (non-hydrogen) atoms. The molecule has 1 aliphatic rings. The molecular weight excluding hydrogens is 378 g/mol. The van der Waals surface area contributed by atoms with Gasteiger partial charge in [0.05, 0.1) is 23.1 Å². The van der Waals surface area contributed by atoms with Crippen LogP contribution in [0.25, 0.3) is 27.8 Å². The van der Waals surface area contributed by atoms with Gasteiger partial charge >= 0.3 is 0 Å². The third-order valence-electron chi connectivity index (χ3n) is 6.08. The van der Waals surface area contributed by atoms with Crippen molar-refractivity contribution < 1.29 is 4.79 Å². The van der Waals surface area contributed by atoms with E-state index in [9.17, 15) is 4.79 Å². The smallest absolute Gasteiger partial charge is 0.269 e. The van der Waals surface area contributed by atoms with Crippen LogP contribution < -0.4 is 16.4 Å². The molecular formula is C22H25N7O. The van der Waals surface area contributed by atoms with Crippen molar-refractivity contribution in [3.05, 3.63) is 47.9 Å². The average Bonchev–Trinajstić information content (AvgIpc) is 3.35. The number of primary amides is 1. The highest BCUT2D eigenvalue weighted by molar-refractivity contribution is 5.98. The third-order valence-corrected chi connectivity index (χ3v) is 6.08. The number of hydrogen-bond acceptors (Lipinski definition) is 5. The van der Waals surface area contributed by atoms with Crippen molar-refractivity contribution in [2.75, 3.05) is 25.5 Å². The Morgan fingerprint density at radius 3 is 2.83 bits per heavy atom. The van der Waals surface area contributed by atoms with Gasteiger partial charge in [0.25, 0.3) is 5.91 Å². The van der Waals surface area contributed by atoms with Crippen molar-refractivity contribution in [1.82, 2.24) is 24.5 Å². The molecule has 0 atom stereocenters. The molecule has 1 amide bonds. The Balaban J connectivity index is 1.73. The normalized spacial score (nSPS) is 15.1. The number of nitrogens with two attached hydrogens (primary N) is 1. The summed E-state index contributed by atoms with van der Waals surface area (Å²) < 4.78 is 3.72. The zero-order chi connectivity index (χ0) is 20.8. The summed E-state index contributed by atoms with van der Waals surface area (Å²) in [6, 6.07) is 8.49. The lowest BCUT2D eigenvalue weighted by Gasteiger charge is -2.24. The molecule has 0 bridgehead atoms. The van der Waals surface area contributed by atoms with E-state index in [1.807, 2.05) is 13.1 Å². The van der Waals surface area contributed by atoms with Gasteiger partial charge in [-0.1, -0.05) is 18.2 Å². The molecule has 1 fully saturated rings. The number of carbonyl (C=O) groups is 1. The van der Waals surface area contributed by atoms with Gasteiger partial charge in [-0.2, -0.15) is 5.10 Å². The fourth-order valence-corrected chi connectivity index (χ4v) is 4.62. The molecule has 8 nitrogen and oxygen atoms in total. The van der Waals surface area contributed by atoms with Gasteiger partial charge in [0.1, 0.15) is 5.69 Å². The molecule has 0 saturated carbocycles. The number of aryl methyl sites for hydroxylation is 1. The molecule has 154 valence electrons. The van der Waals surface area contributed by atoms with E-state index in [0.29, 0.717) is 11.6 Å². The Hall–Kier alpha value is -3.39. The number of anilines is 1. The second-order valence-corrected chi connectivity index (χ2v) is 7.86. The topological polar surface area (TPSA) is 102 Å². The standard InChI is InChI=1S/C22H25N7O/c1-24-18-10-17(27-29-19(21(23)30)11-26-22(18)29)16-12-28(2)20-14(4-3-5-15(16)20)13-6-8-25-9-7-13/h3-5,10-13,24-25H,6-9H2,1-2H3,(H2,23,30). The predicted molar refractivity (Wildman–Crippen MR) is 118 cm³/mol. The number of aromatic nitrogens is 4. The lowest BCUT2D eigenvalue weighted by Crippen LogP contribution is -2.26. The molecule has 5 rings (SSSR count). The number of fused-ring (bicyclic) bond motifs is 2. The van der Waals surface area contributed by atoms with Gasteiger partial charge in [-0.05, 0) is 43.5 Å². The van der Waals surface area contributed by atoms with E-state index in [4.69, 9.17) is 10.8 Å². The van der Waals surface area contributed by atoms with Crippen LogP contribution in [0.4, 0.5) is 5.69 Å². The summed E-state index contributed by atoms with van der Waals surface area (Å²) in [5.41, 5.74) is 11.6. The van der Waals surface area contributed by atoms with E-state index in [0.717, 1.165) is 48.3 Å². The number of para-hydroxylation sites is 1. The van der Waals surface area contributed by atoms with Crippen LogP contribution in [0.1, 0.15) is 34.8 Å². The van der Waals surface area contributed by atoms with Crippen LogP contribution in [0, 0.1) is 0 Å².